The summed E-state index contributed by atoms with van der Waals surface area (Å²) in [7, 11) is 1.80. The number of nitrogens with one attached hydrogen (secondary N) is 1. The molecule has 19 heavy (non-hydrogen) atoms. The van der Waals surface area contributed by atoms with Gasteiger partial charge in [0.1, 0.15) is 5.82 Å². The fourth-order valence-electron chi connectivity index (χ4n) is 2.68. The van der Waals surface area contributed by atoms with E-state index in [2.05, 4.69) is 28.2 Å². The van der Waals surface area contributed by atoms with Crippen molar-refractivity contribution in [3.63, 3.8) is 0 Å². The van der Waals surface area contributed by atoms with Gasteiger partial charge >= 0.3 is 0 Å². The van der Waals surface area contributed by atoms with Crippen LogP contribution in [0.4, 0.5) is 5.82 Å². The highest BCUT2D eigenvalue weighted by molar-refractivity contribution is 5.43. The molecule has 0 aromatic carbocycles. The van der Waals surface area contributed by atoms with E-state index >= 15 is 0 Å². The molecular weight excluding hydrogens is 238 g/mol. The lowest BCUT2D eigenvalue weighted by molar-refractivity contribution is 0.0968. The predicted octanol–water partition coefficient (Wildman–Crippen LogP) is 2.37. The third-order valence-corrected chi connectivity index (χ3v) is 3.74. The Morgan fingerprint density at radius 2 is 2.21 bits per heavy atom. The zero-order valence-electron chi connectivity index (χ0n) is 12.1. The molecule has 0 unspecified atom stereocenters. The predicted molar refractivity (Wildman–Crippen MR) is 78.3 cm³/mol. The van der Waals surface area contributed by atoms with E-state index in [0.717, 1.165) is 44.5 Å². The molecule has 0 spiro atoms. The van der Waals surface area contributed by atoms with Crippen molar-refractivity contribution in [1.82, 2.24) is 9.88 Å². The molecule has 1 aromatic heterocycles. The molecule has 0 bridgehead atoms. The van der Waals surface area contributed by atoms with Crippen LogP contribution < -0.4 is 5.32 Å². The maximum atomic E-state index is 5.25. The van der Waals surface area contributed by atoms with Crippen LogP contribution in [0.15, 0.2) is 18.3 Å². The number of hydrogen-bond acceptors (Lipinski definition) is 4. The summed E-state index contributed by atoms with van der Waals surface area (Å²) in [5.41, 5.74) is 1.30. The second kappa shape index (κ2) is 7.46. The van der Waals surface area contributed by atoms with Gasteiger partial charge in [0.2, 0.25) is 0 Å². The first-order chi connectivity index (χ1) is 9.33. The average Bonchev–Trinajstić information content (AvgIpc) is 2.44. The van der Waals surface area contributed by atoms with E-state index in [1.807, 2.05) is 12.3 Å². The number of likely N-dealkylation sites (tertiary alicyclic amines) is 1. The fourth-order valence-corrected chi connectivity index (χ4v) is 2.68. The molecule has 0 aliphatic carbocycles. The number of anilines is 1. The normalized spacial score (nSPS) is 17.6. The Kier molecular flexibility index (Phi) is 5.61. The number of ether oxygens (including phenoxy) is 1. The Balaban J connectivity index is 1.88. The van der Waals surface area contributed by atoms with Crippen LogP contribution in [0.1, 0.15) is 25.3 Å². The van der Waals surface area contributed by atoms with Gasteiger partial charge in [-0.2, -0.15) is 0 Å². The van der Waals surface area contributed by atoms with Gasteiger partial charge in [0.15, 0.2) is 0 Å². The van der Waals surface area contributed by atoms with Gasteiger partial charge in [-0.1, -0.05) is 6.07 Å². The van der Waals surface area contributed by atoms with Gasteiger partial charge in [0.05, 0.1) is 0 Å². The van der Waals surface area contributed by atoms with E-state index in [-0.39, 0.29) is 0 Å². The molecule has 106 valence electrons. The van der Waals surface area contributed by atoms with Crippen LogP contribution in [0.5, 0.6) is 0 Å². The lowest BCUT2D eigenvalue weighted by Gasteiger charge is -2.31. The van der Waals surface area contributed by atoms with Crippen LogP contribution in [-0.2, 0) is 11.3 Å². The third kappa shape index (κ3) is 4.18. The molecule has 1 aromatic rings. The highest BCUT2D eigenvalue weighted by atomic mass is 16.5. The van der Waals surface area contributed by atoms with E-state index in [1.54, 1.807) is 7.11 Å². The van der Waals surface area contributed by atoms with E-state index in [1.165, 1.54) is 18.4 Å². The van der Waals surface area contributed by atoms with Gasteiger partial charge < -0.3 is 10.1 Å². The minimum Gasteiger partial charge on any atom is -0.384 e. The van der Waals surface area contributed by atoms with Crippen molar-refractivity contribution in [1.29, 1.82) is 0 Å². The molecule has 0 saturated carbocycles. The molecule has 0 amide bonds. The molecule has 1 fully saturated rings. The monoisotopic (exact) mass is 263 g/mol. The summed E-state index contributed by atoms with van der Waals surface area (Å²) in [5, 5.41) is 3.34. The van der Waals surface area contributed by atoms with Gasteiger partial charge in [-0.15, -0.1) is 0 Å². The van der Waals surface area contributed by atoms with Crippen molar-refractivity contribution in [2.24, 2.45) is 5.92 Å². The number of hydrogen-bond donors (Lipinski definition) is 1. The van der Waals surface area contributed by atoms with Gasteiger partial charge in [0, 0.05) is 38.6 Å². The minimum absolute atomic E-state index is 0.739. The molecule has 0 radical (unpaired) electrons. The first-order valence-electron chi connectivity index (χ1n) is 7.22. The number of pyridine rings is 1. The highest BCUT2D eigenvalue weighted by Gasteiger charge is 2.19. The van der Waals surface area contributed by atoms with Crippen LogP contribution in [0, 0.1) is 5.92 Å². The van der Waals surface area contributed by atoms with Crippen LogP contribution in [0.2, 0.25) is 0 Å². The van der Waals surface area contributed by atoms with E-state index in [0.29, 0.717) is 0 Å². The van der Waals surface area contributed by atoms with Gasteiger partial charge in [-0.25, -0.2) is 4.98 Å². The lowest BCUT2D eigenvalue weighted by Crippen LogP contribution is -2.34. The van der Waals surface area contributed by atoms with Gasteiger partial charge in [-0.3, -0.25) is 4.90 Å². The molecule has 1 N–H and O–H groups in total. The SMILES string of the molecule is CCNc1ncccc1CN1CCC(COC)CC1. The quantitative estimate of drug-likeness (QED) is 0.855. The summed E-state index contributed by atoms with van der Waals surface area (Å²) in [6.45, 7) is 7.25. The maximum Gasteiger partial charge on any atom is 0.130 e. The molecule has 4 heteroatoms. The lowest BCUT2D eigenvalue weighted by atomic mass is 9.97. The maximum absolute atomic E-state index is 5.25. The summed E-state index contributed by atoms with van der Waals surface area (Å²) in [4.78, 5) is 6.94. The Hall–Kier alpha value is -1.13. The van der Waals surface area contributed by atoms with E-state index in [4.69, 9.17) is 4.74 Å². The first-order valence-corrected chi connectivity index (χ1v) is 7.22. The van der Waals surface area contributed by atoms with Crippen LogP contribution in [0.25, 0.3) is 0 Å². The standard InChI is InChI=1S/C15H25N3O/c1-3-16-15-14(5-4-8-17-15)11-18-9-6-13(7-10-18)12-19-2/h4-5,8,13H,3,6-7,9-12H2,1-2H3,(H,16,17). The first kappa shape index (κ1) is 14.3. The summed E-state index contributed by atoms with van der Waals surface area (Å²) in [6.07, 6.45) is 4.33. The molecule has 2 heterocycles. The molecule has 1 aliphatic rings. The Morgan fingerprint density at radius 3 is 2.89 bits per heavy atom. The fraction of sp³-hybridized carbons (Fsp3) is 0.667. The second-order valence-corrected chi connectivity index (χ2v) is 5.22. The van der Waals surface area contributed by atoms with Crippen LogP contribution >= 0.6 is 0 Å². The molecular formula is C15H25N3O. The molecule has 2 rings (SSSR count). The van der Waals surface area contributed by atoms with Crippen molar-refractivity contribution < 1.29 is 4.74 Å². The smallest absolute Gasteiger partial charge is 0.130 e. The average molecular weight is 263 g/mol. The largest absolute Gasteiger partial charge is 0.384 e. The Labute approximate surface area is 116 Å². The number of rotatable bonds is 6. The highest BCUT2D eigenvalue weighted by Crippen LogP contribution is 2.21. The van der Waals surface area contributed by atoms with Crippen LogP contribution in [-0.4, -0.2) is 43.2 Å². The van der Waals surface area contributed by atoms with E-state index in [9.17, 15) is 0 Å². The van der Waals surface area contributed by atoms with Gasteiger partial charge in [0.25, 0.3) is 0 Å². The number of aromatic nitrogens is 1. The van der Waals surface area contributed by atoms with Crippen molar-refractivity contribution >= 4 is 5.82 Å². The molecule has 0 atom stereocenters. The van der Waals surface area contributed by atoms with Crippen molar-refractivity contribution in [3.8, 4) is 0 Å². The summed E-state index contributed by atoms with van der Waals surface area (Å²) in [5.74, 6) is 1.77. The second-order valence-electron chi connectivity index (χ2n) is 5.22. The Morgan fingerprint density at radius 1 is 1.42 bits per heavy atom. The molecule has 1 saturated heterocycles. The summed E-state index contributed by atoms with van der Waals surface area (Å²) in [6, 6.07) is 4.19. The van der Waals surface area contributed by atoms with Crippen molar-refractivity contribution in [3.05, 3.63) is 23.9 Å². The van der Waals surface area contributed by atoms with Gasteiger partial charge in [-0.05, 0) is 44.8 Å². The summed E-state index contributed by atoms with van der Waals surface area (Å²) < 4.78 is 5.25. The molecule has 4 nitrogen and oxygen atoms in total. The number of piperidine rings is 1. The number of nitrogens with zero attached hydrogens (tertiary/aromatic N) is 2. The number of methoxy groups -OCH3 is 1. The zero-order chi connectivity index (χ0) is 13.5. The van der Waals surface area contributed by atoms with Crippen molar-refractivity contribution in [2.45, 2.75) is 26.3 Å². The minimum atomic E-state index is 0.739. The summed E-state index contributed by atoms with van der Waals surface area (Å²) >= 11 is 0. The Bertz CT molecular complexity index is 375. The molecule has 1 aliphatic heterocycles. The van der Waals surface area contributed by atoms with Crippen molar-refractivity contribution in [2.75, 3.05) is 38.7 Å². The third-order valence-electron chi connectivity index (χ3n) is 3.74. The zero-order valence-corrected chi connectivity index (χ0v) is 12.1. The topological polar surface area (TPSA) is 37.4 Å². The van der Waals surface area contributed by atoms with E-state index < -0.39 is 0 Å². The van der Waals surface area contributed by atoms with Crippen LogP contribution in [0.3, 0.4) is 0 Å².